The smallest absolute Gasteiger partial charge is 0.266 e. The van der Waals surface area contributed by atoms with Gasteiger partial charge in [0, 0.05) is 26.0 Å². The first-order valence-corrected chi connectivity index (χ1v) is 12.6. The molecule has 0 unspecified atom stereocenters. The Kier molecular flexibility index (Phi) is 5.80. The molecule has 174 valence electrons. The van der Waals surface area contributed by atoms with Crippen LogP contribution in [0.3, 0.4) is 0 Å². The maximum absolute atomic E-state index is 13.7. The van der Waals surface area contributed by atoms with Crippen LogP contribution in [0, 0.1) is 0 Å². The van der Waals surface area contributed by atoms with E-state index in [1.165, 1.54) is 0 Å². The van der Waals surface area contributed by atoms with Crippen LogP contribution in [0.4, 0.5) is 0 Å². The summed E-state index contributed by atoms with van der Waals surface area (Å²) < 4.78 is 2.45. The number of aromatic amines is 1. The lowest BCUT2D eigenvalue weighted by Crippen LogP contribution is -2.22. The molecule has 0 aliphatic heterocycles. The van der Waals surface area contributed by atoms with Gasteiger partial charge in [0.05, 0.1) is 22.3 Å². The first kappa shape index (κ1) is 22.5. The van der Waals surface area contributed by atoms with E-state index in [0.29, 0.717) is 27.4 Å². The molecule has 0 aliphatic carbocycles. The van der Waals surface area contributed by atoms with Crippen LogP contribution in [-0.2, 0) is 0 Å². The minimum Gasteiger partial charge on any atom is -0.354 e. The third-order valence-corrected chi connectivity index (χ3v) is 6.89. The maximum Gasteiger partial charge on any atom is 0.266 e. The molecule has 0 aliphatic rings. The SMILES string of the molecule is O=c1c2cc(Br)ccc2nc(/C=C/c2c(-c3ccccc3)[nH]c3ccccc23)n1-c1ccc(Cl)cc1. The van der Waals surface area contributed by atoms with E-state index >= 15 is 0 Å². The van der Waals surface area contributed by atoms with Gasteiger partial charge in [0.15, 0.2) is 0 Å². The summed E-state index contributed by atoms with van der Waals surface area (Å²) >= 11 is 9.60. The molecule has 4 nitrogen and oxygen atoms in total. The molecular formula is C30H19BrClN3O. The van der Waals surface area contributed by atoms with Crippen molar-refractivity contribution >= 4 is 61.5 Å². The molecule has 36 heavy (non-hydrogen) atoms. The average Bonchev–Trinajstić information content (AvgIpc) is 3.28. The number of halogens is 2. The Bertz CT molecular complexity index is 1820. The minimum absolute atomic E-state index is 0.148. The Labute approximate surface area is 220 Å². The molecule has 6 rings (SSSR count). The summed E-state index contributed by atoms with van der Waals surface area (Å²) in [6.45, 7) is 0. The zero-order valence-electron chi connectivity index (χ0n) is 19.0. The summed E-state index contributed by atoms with van der Waals surface area (Å²) in [4.78, 5) is 22.1. The van der Waals surface area contributed by atoms with Crippen molar-refractivity contribution in [3.8, 4) is 16.9 Å². The molecule has 0 saturated carbocycles. The number of rotatable bonds is 4. The Hall–Kier alpha value is -3.93. The van der Waals surface area contributed by atoms with E-state index in [2.05, 4.69) is 45.2 Å². The third kappa shape index (κ3) is 4.06. The number of aromatic nitrogens is 3. The van der Waals surface area contributed by atoms with Gasteiger partial charge in [0.1, 0.15) is 5.82 Å². The summed E-state index contributed by atoms with van der Waals surface area (Å²) in [7, 11) is 0. The molecule has 1 N–H and O–H groups in total. The maximum atomic E-state index is 13.7. The lowest BCUT2D eigenvalue weighted by atomic mass is 10.0. The second kappa shape index (κ2) is 9.26. The van der Waals surface area contributed by atoms with Gasteiger partial charge in [-0.3, -0.25) is 9.36 Å². The Morgan fingerprint density at radius 2 is 1.58 bits per heavy atom. The minimum atomic E-state index is -0.148. The van der Waals surface area contributed by atoms with Crippen LogP contribution < -0.4 is 5.56 Å². The van der Waals surface area contributed by atoms with E-state index in [9.17, 15) is 4.79 Å². The number of fused-ring (bicyclic) bond motifs is 2. The van der Waals surface area contributed by atoms with Gasteiger partial charge in [0.2, 0.25) is 0 Å². The predicted molar refractivity (Wildman–Crippen MR) is 153 cm³/mol. The van der Waals surface area contributed by atoms with Crippen molar-refractivity contribution < 1.29 is 0 Å². The number of para-hydroxylation sites is 1. The van der Waals surface area contributed by atoms with Gasteiger partial charge in [-0.1, -0.05) is 76.1 Å². The quantitative estimate of drug-likeness (QED) is 0.240. The first-order valence-electron chi connectivity index (χ1n) is 11.4. The number of nitrogens with zero attached hydrogens (tertiary/aromatic N) is 2. The Balaban J connectivity index is 1.59. The highest BCUT2D eigenvalue weighted by atomic mass is 79.9. The number of hydrogen-bond acceptors (Lipinski definition) is 2. The predicted octanol–water partition coefficient (Wildman–Crippen LogP) is 8.12. The average molecular weight is 553 g/mol. The molecule has 0 radical (unpaired) electrons. The summed E-state index contributed by atoms with van der Waals surface area (Å²) in [5, 5.41) is 2.23. The van der Waals surface area contributed by atoms with Crippen molar-refractivity contribution in [2.45, 2.75) is 0 Å². The van der Waals surface area contributed by atoms with Gasteiger partial charge in [-0.25, -0.2) is 4.98 Å². The molecule has 6 heteroatoms. The van der Waals surface area contributed by atoms with Crippen LogP contribution in [0.5, 0.6) is 0 Å². The van der Waals surface area contributed by atoms with Crippen molar-refractivity contribution in [1.29, 1.82) is 0 Å². The molecule has 0 atom stereocenters. The van der Waals surface area contributed by atoms with Gasteiger partial charge < -0.3 is 4.98 Å². The number of hydrogen-bond donors (Lipinski definition) is 1. The van der Waals surface area contributed by atoms with E-state index < -0.39 is 0 Å². The summed E-state index contributed by atoms with van der Waals surface area (Å²) in [5.41, 5.74) is 5.35. The van der Waals surface area contributed by atoms with E-state index in [1.807, 2.05) is 66.7 Å². The number of H-pyrrole nitrogens is 1. The van der Waals surface area contributed by atoms with Crippen LogP contribution >= 0.6 is 27.5 Å². The van der Waals surface area contributed by atoms with Gasteiger partial charge in [-0.2, -0.15) is 0 Å². The third-order valence-electron chi connectivity index (χ3n) is 6.15. The van der Waals surface area contributed by atoms with Crippen molar-refractivity contribution in [1.82, 2.24) is 14.5 Å². The molecule has 0 saturated heterocycles. The topological polar surface area (TPSA) is 50.7 Å². The second-order valence-corrected chi connectivity index (χ2v) is 9.76. The number of nitrogens with one attached hydrogen (secondary N) is 1. The van der Waals surface area contributed by atoms with Crippen molar-refractivity contribution in [3.05, 3.63) is 128 Å². The van der Waals surface area contributed by atoms with Crippen molar-refractivity contribution in [2.24, 2.45) is 0 Å². The fourth-order valence-corrected chi connectivity index (χ4v) is 4.94. The molecular weight excluding hydrogens is 534 g/mol. The van der Waals surface area contributed by atoms with Crippen LogP contribution in [0.15, 0.2) is 106 Å². The second-order valence-electron chi connectivity index (χ2n) is 8.41. The van der Waals surface area contributed by atoms with Gasteiger partial charge in [-0.15, -0.1) is 0 Å². The molecule has 6 aromatic rings. The van der Waals surface area contributed by atoms with Crippen molar-refractivity contribution in [3.63, 3.8) is 0 Å². The molecule has 0 fully saturated rings. The van der Waals surface area contributed by atoms with Crippen LogP contribution in [0.1, 0.15) is 11.4 Å². The summed E-state index contributed by atoms with van der Waals surface area (Å²) in [6, 6.07) is 31.2. The lowest BCUT2D eigenvalue weighted by molar-refractivity contribution is 0.944. The zero-order chi connectivity index (χ0) is 24.6. The Morgan fingerprint density at radius 3 is 2.39 bits per heavy atom. The van der Waals surface area contributed by atoms with E-state index in [1.54, 1.807) is 22.8 Å². The molecule has 2 heterocycles. The summed E-state index contributed by atoms with van der Waals surface area (Å²) in [6.07, 6.45) is 3.93. The van der Waals surface area contributed by atoms with Crippen LogP contribution in [-0.4, -0.2) is 14.5 Å². The molecule has 0 amide bonds. The monoisotopic (exact) mass is 551 g/mol. The van der Waals surface area contributed by atoms with Gasteiger partial charge >= 0.3 is 0 Å². The fraction of sp³-hybridized carbons (Fsp3) is 0. The van der Waals surface area contributed by atoms with Gasteiger partial charge in [0.25, 0.3) is 5.56 Å². The standard InChI is InChI=1S/C30H19BrClN3O/c31-20-10-16-27-25(18-20)30(36)35(22-13-11-21(32)12-14-22)28(33-27)17-15-24-23-8-4-5-9-26(23)34-29(24)19-6-2-1-3-7-19/h1-18,34H/b17-15+. The van der Waals surface area contributed by atoms with E-state index in [-0.39, 0.29) is 5.56 Å². The van der Waals surface area contributed by atoms with E-state index in [0.717, 1.165) is 32.2 Å². The van der Waals surface area contributed by atoms with E-state index in [4.69, 9.17) is 16.6 Å². The largest absolute Gasteiger partial charge is 0.354 e. The highest BCUT2D eigenvalue weighted by molar-refractivity contribution is 9.10. The molecule has 0 bridgehead atoms. The van der Waals surface area contributed by atoms with Gasteiger partial charge in [-0.05, 0) is 66.2 Å². The summed E-state index contributed by atoms with van der Waals surface area (Å²) in [5.74, 6) is 0.529. The molecule has 2 aromatic heterocycles. The molecule has 4 aromatic carbocycles. The van der Waals surface area contributed by atoms with Crippen molar-refractivity contribution in [2.75, 3.05) is 0 Å². The van der Waals surface area contributed by atoms with Crippen LogP contribution in [0.25, 0.3) is 50.9 Å². The zero-order valence-corrected chi connectivity index (χ0v) is 21.3. The number of benzene rings is 4. The Morgan fingerprint density at radius 1 is 0.833 bits per heavy atom. The van der Waals surface area contributed by atoms with Crippen LogP contribution in [0.2, 0.25) is 5.02 Å². The fourth-order valence-electron chi connectivity index (χ4n) is 4.45. The lowest BCUT2D eigenvalue weighted by Gasteiger charge is -2.12. The first-order chi connectivity index (χ1) is 17.6. The normalized spacial score (nSPS) is 11.6. The highest BCUT2D eigenvalue weighted by Crippen LogP contribution is 2.32. The highest BCUT2D eigenvalue weighted by Gasteiger charge is 2.14. The molecule has 0 spiro atoms.